The van der Waals surface area contributed by atoms with E-state index in [9.17, 15) is 0 Å². The van der Waals surface area contributed by atoms with Crippen LogP contribution in [0.3, 0.4) is 0 Å². The van der Waals surface area contributed by atoms with Crippen molar-refractivity contribution in [1.82, 2.24) is 16.0 Å². The van der Waals surface area contributed by atoms with Gasteiger partial charge in [-0.2, -0.15) is 0 Å². The highest BCUT2D eigenvalue weighted by Crippen LogP contribution is 2.20. The van der Waals surface area contributed by atoms with Gasteiger partial charge in [-0.1, -0.05) is 31.4 Å². The van der Waals surface area contributed by atoms with Crippen molar-refractivity contribution in [2.24, 2.45) is 10.9 Å². The Morgan fingerprint density at radius 3 is 2.88 bits per heavy atom. The van der Waals surface area contributed by atoms with Crippen LogP contribution in [0.2, 0.25) is 0 Å². The van der Waals surface area contributed by atoms with Gasteiger partial charge in [0.2, 0.25) is 0 Å². The second kappa shape index (κ2) is 8.24. The van der Waals surface area contributed by atoms with Crippen LogP contribution in [0.5, 0.6) is 0 Å². The Balaban J connectivity index is 1.97. The van der Waals surface area contributed by atoms with Gasteiger partial charge in [0.25, 0.3) is 0 Å². The molecule has 0 bridgehead atoms. The van der Waals surface area contributed by atoms with E-state index in [-0.39, 0.29) is 5.92 Å². The molecule has 5 nitrogen and oxygen atoms in total. The van der Waals surface area contributed by atoms with Crippen LogP contribution in [0, 0.1) is 5.92 Å². The first-order valence-electron chi connectivity index (χ1n) is 8.01. The maximum Gasteiger partial charge on any atom is 0.143 e. The van der Waals surface area contributed by atoms with Gasteiger partial charge in [0.05, 0.1) is 17.1 Å². The molecule has 24 heavy (non-hydrogen) atoms. The van der Waals surface area contributed by atoms with Gasteiger partial charge in [-0.15, -0.1) is 0 Å². The van der Waals surface area contributed by atoms with Gasteiger partial charge in [0, 0.05) is 32.3 Å². The monoisotopic (exact) mass is 326 g/mol. The highest BCUT2D eigenvalue weighted by molar-refractivity contribution is 6.11. The van der Waals surface area contributed by atoms with Crippen LogP contribution < -0.4 is 16.0 Å². The lowest BCUT2D eigenvalue weighted by Gasteiger charge is -2.20. The maximum absolute atomic E-state index is 5.67. The molecule has 0 saturated heterocycles. The normalized spacial score (nSPS) is 20.8. The summed E-state index contributed by atoms with van der Waals surface area (Å²) in [5, 5.41) is 9.75. The van der Waals surface area contributed by atoms with Gasteiger partial charge < -0.3 is 20.7 Å². The zero-order valence-corrected chi connectivity index (χ0v) is 14.6. The lowest BCUT2D eigenvalue weighted by Crippen LogP contribution is -2.28. The quantitative estimate of drug-likeness (QED) is 0.656. The van der Waals surface area contributed by atoms with E-state index < -0.39 is 0 Å². The Bertz CT molecular complexity index is 665. The zero-order chi connectivity index (χ0) is 17.5. The van der Waals surface area contributed by atoms with Gasteiger partial charge in [0.1, 0.15) is 18.1 Å². The number of rotatable bonds is 6. The molecule has 1 aliphatic carbocycles. The molecule has 0 spiro atoms. The second-order valence-electron chi connectivity index (χ2n) is 5.56. The summed E-state index contributed by atoms with van der Waals surface area (Å²) in [6.07, 6.45) is 10.3. The van der Waals surface area contributed by atoms with E-state index in [0.717, 1.165) is 40.8 Å². The van der Waals surface area contributed by atoms with Gasteiger partial charge in [0.15, 0.2) is 0 Å². The van der Waals surface area contributed by atoms with Crippen LogP contribution in [0.4, 0.5) is 0 Å². The fraction of sp³-hybridized carbons (Fsp3) is 0.316. The molecule has 0 fully saturated rings. The molecule has 1 unspecified atom stereocenters. The van der Waals surface area contributed by atoms with Crippen molar-refractivity contribution in [2.75, 3.05) is 27.2 Å². The van der Waals surface area contributed by atoms with Gasteiger partial charge >= 0.3 is 0 Å². The molecular weight excluding hydrogens is 300 g/mol. The standard InChI is InChI=1S/C19H26N4O/c1-6-16(20-4)19(21-5)14(3)22-11-15-7-9-17-18(10-8-15)24-12-13(2)23-17/h6-10,15,20,22-23H,2-3,11-12H2,1,4-5H3/b16-6+,21-19?. The molecule has 0 aromatic heterocycles. The molecule has 0 amide bonds. The summed E-state index contributed by atoms with van der Waals surface area (Å²) >= 11 is 0. The van der Waals surface area contributed by atoms with Gasteiger partial charge in [-0.3, -0.25) is 4.99 Å². The smallest absolute Gasteiger partial charge is 0.143 e. The first-order chi connectivity index (χ1) is 11.6. The zero-order valence-electron chi connectivity index (χ0n) is 14.6. The van der Waals surface area contributed by atoms with Crippen molar-refractivity contribution in [2.45, 2.75) is 6.92 Å². The number of hydrogen-bond donors (Lipinski definition) is 3. The number of hydrogen-bond acceptors (Lipinski definition) is 5. The minimum absolute atomic E-state index is 0.229. The number of nitrogens with one attached hydrogen (secondary N) is 3. The Labute approximate surface area is 144 Å². The first kappa shape index (κ1) is 17.7. The minimum Gasteiger partial charge on any atom is -0.485 e. The Kier molecular flexibility index (Phi) is 6.07. The number of allylic oxidation sites excluding steroid dienone is 3. The molecule has 0 saturated carbocycles. The van der Waals surface area contributed by atoms with Crippen molar-refractivity contribution >= 4 is 5.71 Å². The summed E-state index contributed by atoms with van der Waals surface area (Å²) < 4.78 is 5.67. The summed E-state index contributed by atoms with van der Waals surface area (Å²) in [4.78, 5) is 4.32. The van der Waals surface area contributed by atoms with E-state index in [2.05, 4.69) is 46.3 Å². The van der Waals surface area contributed by atoms with E-state index in [1.165, 1.54) is 0 Å². The Morgan fingerprint density at radius 2 is 2.21 bits per heavy atom. The molecular formula is C19H26N4O. The fourth-order valence-electron chi connectivity index (χ4n) is 2.57. The van der Waals surface area contributed by atoms with Crippen LogP contribution >= 0.6 is 0 Å². The molecule has 0 radical (unpaired) electrons. The molecule has 1 heterocycles. The molecule has 1 aliphatic heterocycles. The Hall–Kier alpha value is -2.69. The van der Waals surface area contributed by atoms with Crippen LogP contribution in [-0.2, 0) is 4.74 Å². The summed E-state index contributed by atoms with van der Waals surface area (Å²) in [7, 11) is 3.64. The largest absolute Gasteiger partial charge is 0.485 e. The van der Waals surface area contributed by atoms with E-state index in [0.29, 0.717) is 6.61 Å². The van der Waals surface area contributed by atoms with Crippen molar-refractivity contribution < 1.29 is 4.74 Å². The van der Waals surface area contributed by atoms with Crippen molar-refractivity contribution in [3.63, 3.8) is 0 Å². The maximum atomic E-state index is 5.67. The molecule has 3 N–H and O–H groups in total. The van der Waals surface area contributed by atoms with Crippen LogP contribution in [0.15, 0.2) is 77.1 Å². The van der Waals surface area contributed by atoms with Crippen LogP contribution in [-0.4, -0.2) is 33.0 Å². The average molecular weight is 326 g/mol. The third-order valence-electron chi connectivity index (χ3n) is 3.86. The number of nitrogens with zero attached hydrogens (tertiary/aromatic N) is 1. The van der Waals surface area contributed by atoms with Crippen LogP contribution in [0.1, 0.15) is 6.92 Å². The predicted molar refractivity (Wildman–Crippen MR) is 100 cm³/mol. The van der Waals surface area contributed by atoms with E-state index in [1.54, 1.807) is 7.05 Å². The Morgan fingerprint density at radius 1 is 1.46 bits per heavy atom. The highest BCUT2D eigenvalue weighted by Gasteiger charge is 2.15. The number of ether oxygens (including phenoxy) is 1. The molecule has 2 rings (SSSR count). The van der Waals surface area contributed by atoms with Crippen molar-refractivity contribution in [3.8, 4) is 0 Å². The van der Waals surface area contributed by atoms with Crippen LogP contribution in [0.25, 0.3) is 0 Å². The summed E-state index contributed by atoms with van der Waals surface area (Å²) in [6.45, 7) is 11.2. The first-order valence-corrected chi connectivity index (χ1v) is 8.01. The predicted octanol–water partition coefficient (Wildman–Crippen LogP) is 2.37. The summed E-state index contributed by atoms with van der Waals surface area (Å²) in [5.41, 5.74) is 4.40. The molecule has 5 heteroatoms. The third-order valence-corrected chi connectivity index (χ3v) is 3.86. The lowest BCUT2D eigenvalue weighted by atomic mass is 10.1. The molecule has 0 aromatic carbocycles. The topological polar surface area (TPSA) is 57.7 Å². The lowest BCUT2D eigenvalue weighted by molar-refractivity contribution is 0.230. The minimum atomic E-state index is 0.229. The third kappa shape index (κ3) is 4.19. The highest BCUT2D eigenvalue weighted by atomic mass is 16.5. The molecule has 0 aromatic rings. The average Bonchev–Trinajstić information content (AvgIpc) is 2.79. The van der Waals surface area contributed by atoms with Crippen molar-refractivity contribution in [3.05, 3.63) is 72.1 Å². The second-order valence-corrected chi connectivity index (χ2v) is 5.56. The SMILES string of the molecule is C=C1COC2=C(C=CC(CNC(=C)C(=NC)/C(=C\C)NC)C=C2)N1. The van der Waals surface area contributed by atoms with Gasteiger partial charge in [-0.05, 0) is 19.1 Å². The number of aliphatic imine (C=N–C) groups is 1. The summed E-state index contributed by atoms with van der Waals surface area (Å²) in [5.74, 6) is 1.08. The van der Waals surface area contributed by atoms with Gasteiger partial charge in [-0.25, -0.2) is 0 Å². The molecule has 128 valence electrons. The van der Waals surface area contributed by atoms with E-state index >= 15 is 0 Å². The molecule has 2 aliphatic rings. The molecule has 1 atom stereocenters. The van der Waals surface area contributed by atoms with E-state index in [1.807, 2.05) is 32.2 Å². The summed E-state index contributed by atoms with van der Waals surface area (Å²) in [6, 6.07) is 0. The fourth-order valence-corrected chi connectivity index (χ4v) is 2.57. The van der Waals surface area contributed by atoms with Crippen molar-refractivity contribution in [1.29, 1.82) is 0 Å². The van der Waals surface area contributed by atoms with E-state index in [4.69, 9.17) is 4.74 Å².